The van der Waals surface area contributed by atoms with Crippen LogP contribution < -0.4 is 10.1 Å². The molecule has 140 valence electrons. The second kappa shape index (κ2) is 7.56. The van der Waals surface area contributed by atoms with Gasteiger partial charge >= 0.3 is 0 Å². The van der Waals surface area contributed by atoms with Gasteiger partial charge in [-0.2, -0.15) is 4.68 Å². The van der Waals surface area contributed by atoms with Gasteiger partial charge in [0.05, 0.1) is 29.0 Å². The molecule has 6 nitrogen and oxygen atoms in total. The van der Waals surface area contributed by atoms with Crippen LogP contribution in [0.4, 0.5) is 5.69 Å². The molecule has 1 aliphatic carbocycles. The SMILES string of the molecule is COc1ccc(-n2nnnc2C2(Nc3ccccc3Cl)CCCCC2)cc1. The van der Waals surface area contributed by atoms with Crippen molar-refractivity contribution in [2.45, 2.75) is 37.6 Å². The molecular weight excluding hydrogens is 362 g/mol. The Morgan fingerprint density at radius 2 is 1.78 bits per heavy atom. The zero-order valence-corrected chi connectivity index (χ0v) is 16.0. The smallest absolute Gasteiger partial charge is 0.181 e. The largest absolute Gasteiger partial charge is 0.497 e. The highest BCUT2D eigenvalue weighted by atomic mass is 35.5. The molecule has 0 saturated heterocycles. The van der Waals surface area contributed by atoms with Crippen molar-refractivity contribution in [2.75, 3.05) is 12.4 Å². The molecule has 27 heavy (non-hydrogen) atoms. The molecule has 0 spiro atoms. The van der Waals surface area contributed by atoms with E-state index in [1.165, 1.54) is 6.42 Å². The highest BCUT2D eigenvalue weighted by Gasteiger charge is 2.39. The first-order chi connectivity index (χ1) is 13.2. The fraction of sp³-hybridized carbons (Fsp3) is 0.350. The number of benzene rings is 2. The molecule has 0 unspecified atom stereocenters. The average molecular weight is 384 g/mol. The van der Waals surface area contributed by atoms with Gasteiger partial charge in [-0.15, -0.1) is 5.10 Å². The molecule has 4 rings (SSSR count). The zero-order chi connectivity index (χ0) is 18.7. The Hall–Kier alpha value is -2.60. The molecule has 2 aromatic carbocycles. The molecule has 0 aliphatic heterocycles. The summed E-state index contributed by atoms with van der Waals surface area (Å²) in [6.07, 6.45) is 5.36. The van der Waals surface area contributed by atoms with Crippen LogP contribution in [-0.2, 0) is 5.54 Å². The van der Waals surface area contributed by atoms with Crippen molar-refractivity contribution in [3.8, 4) is 11.4 Å². The third kappa shape index (κ3) is 3.49. The summed E-state index contributed by atoms with van der Waals surface area (Å²) in [5, 5.41) is 17.1. The molecule has 1 aromatic heterocycles. The van der Waals surface area contributed by atoms with Gasteiger partial charge in [0.25, 0.3) is 0 Å². The first-order valence-corrected chi connectivity index (χ1v) is 9.56. The van der Waals surface area contributed by atoms with Crippen LogP contribution in [-0.4, -0.2) is 27.3 Å². The predicted octanol–water partition coefficient (Wildman–Crippen LogP) is 4.60. The molecule has 1 N–H and O–H groups in total. The van der Waals surface area contributed by atoms with E-state index in [-0.39, 0.29) is 5.54 Å². The van der Waals surface area contributed by atoms with Crippen LogP contribution in [0.5, 0.6) is 5.75 Å². The number of anilines is 1. The lowest BCUT2D eigenvalue weighted by atomic mass is 9.80. The number of methoxy groups -OCH3 is 1. The lowest BCUT2D eigenvalue weighted by Gasteiger charge is -2.38. The first-order valence-electron chi connectivity index (χ1n) is 9.18. The molecule has 7 heteroatoms. The minimum atomic E-state index is -0.354. The number of halogens is 1. The normalized spacial score (nSPS) is 16.1. The van der Waals surface area contributed by atoms with Gasteiger partial charge in [-0.25, -0.2) is 0 Å². The number of ether oxygens (including phenoxy) is 1. The Bertz CT molecular complexity index is 903. The molecule has 3 aromatic rings. The maximum atomic E-state index is 6.42. The van der Waals surface area contributed by atoms with Crippen molar-refractivity contribution in [1.29, 1.82) is 0 Å². The van der Waals surface area contributed by atoms with Gasteiger partial charge in [0.2, 0.25) is 0 Å². The monoisotopic (exact) mass is 383 g/mol. The molecule has 0 atom stereocenters. The summed E-state index contributed by atoms with van der Waals surface area (Å²) >= 11 is 6.42. The summed E-state index contributed by atoms with van der Waals surface area (Å²) in [7, 11) is 1.65. The van der Waals surface area contributed by atoms with E-state index in [1.807, 2.05) is 53.2 Å². The predicted molar refractivity (Wildman–Crippen MR) is 106 cm³/mol. The molecule has 0 bridgehead atoms. The first kappa shape index (κ1) is 17.8. The van der Waals surface area contributed by atoms with E-state index in [9.17, 15) is 0 Å². The molecule has 1 saturated carbocycles. The second-order valence-corrected chi connectivity index (χ2v) is 7.27. The Morgan fingerprint density at radius 1 is 1.04 bits per heavy atom. The van der Waals surface area contributed by atoms with Crippen LogP contribution in [0.1, 0.15) is 37.9 Å². The summed E-state index contributed by atoms with van der Waals surface area (Å²) < 4.78 is 7.07. The van der Waals surface area contributed by atoms with Crippen LogP contribution >= 0.6 is 11.6 Å². The number of para-hydroxylation sites is 1. The Morgan fingerprint density at radius 3 is 2.48 bits per heavy atom. The lowest BCUT2D eigenvalue weighted by Crippen LogP contribution is -2.40. The summed E-state index contributed by atoms with van der Waals surface area (Å²) in [5.74, 6) is 1.61. The lowest BCUT2D eigenvalue weighted by molar-refractivity contribution is 0.309. The van der Waals surface area contributed by atoms with Crippen molar-refractivity contribution >= 4 is 17.3 Å². The number of aromatic nitrogens is 4. The highest BCUT2D eigenvalue weighted by molar-refractivity contribution is 6.33. The topological polar surface area (TPSA) is 64.9 Å². The van der Waals surface area contributed by atoms with Gasteiger partial charge in [-0.05, 0) is 59.7 Å². The summed E-state index contributed by atoms with van der Waals surface area (Å²) in [5.41, 5.74) is 1.46. The Balaban J connectivity index is 1.75. The van der Waals surface area contributed by atoms with E-state index < -0.39 is 0 Å². The van der Waals surface area contributed by atoms with Gasteiger partial charge in [0.1, 0.15) is 5.75 Å². The summed E-state index contributed by atoms with van der Waals surface area (Å²) in [6.45, 7) is 0. The van der Waals surface area contributed by atoms with Crippen molar-refractivity contribution in [3.05, 3.63) is 59.4 Å². The third-order valence-electron chi connectivity index (χ3n) is 5.17. The van der Waals surface area contributed by atoms with E-state index in [0.29, 0.717) is 5.02 Å². The fourth-order valence-electron chi connectivity index (χ4n) is 3.76. The van der Waals surface area contributed by atoms with Crippen LogP contribution in [0.25, 0.3) is 5.69 Å². The van der Waals surface area contributed by atoms with Crippen molar-refractivity contribution in [3.63, 3.8) is 0 Å². The number of hydrogen-bond acceptors (Lipinski definition) is 5. The molecule has 1 aliphatic rings. The van der Waals surface area contributed by atoms with Crippen LogP contribution in [0.15, 0.2) is 48.5 Å². The summed E-state index contributed by atoms with van der Waals surface area (Å²) in [4.78, 5) is 0. The minimum absolute atomic E-state index is 0.354. The van der Waals surface area contributed by atoms with Gasteiger partial charge in [0.15, 0.2) is 5.82 Å². The highest BCUT2D eigenvalue weighted by Crippen LogP contribution is 2.41. The standard InChI is InChI=1S/C20H22ClN5O/c1-27-16-11-9-15(10-12-16)26-19(23-24-25-26)20(13-5-2-6-14-20)22-18-8-4-3-7-17(18)21/h3-4,7-12,22H,2,5-6,13-14H2,1H3. The third-order valence-corrected chi connectivity index (χ3v) is 5.50. The quantitative estimate of drug-likeness (QED) is 0.697. The van der Waals surface area contributed by atoms with Crippen LogP contribution in [0.3, 0.4) is 0 Å². The van der Waals surface area contributed by atoms with Gasteiger partial charge in [-0.1, -0.05) is 43.0 Å². The van der Waals surface area contributed by atoms with E-state index in [2.05, 4.69) is 20.8 Å². The average Bonchev–Trinajstić information content (AvgIpc) is 3.21. The summed E-state index contributed by atoms with van der Waals surface area (Å²) in [6, 6.07) is 15.6. The van der Waals surface area contributed by atoms with Crippen LogP contribution in [0, 0.1) is 0 Å². The molecule has 0 amide bonds. The number of hydrogen-bond donors (Lipinski definition) is 1. The van der Waals surface area contributed by atoms with Crippen molar-refractivity contribution in [2.24, 2.45) is 0 Å². The molecule has 0 radical (unpaired) electrons. The van der Waals surface area contributed by atoms with Crippen molar-refractivity contribution in [1.82, 2.24) is 20.2 Å². The molecular formula is C20H22ClN5O. The maximum Gasteiger partial charge on any atom is 0.181 e. The van der Waals surface area contributed by atoms with Gasteiger partial charge in [-0.3, -0.25) is 0 Å². The van der Waals surface area contributed by atoms with E-state index in [4.69, 9.17) is 16.3 Å². The van der Waals surface area contributed by atoms with E-state index in [1.54, 1.807) is 7.11 Å². The molecule has 1 heterocycles. The van der Waals surface area contributed by atoms with Gasteiger partial charge in [0, 0.05) is 0 Å². The van der Waals surface area contributed by atoms with E-state index >= 15 is 0 Å². The van der Waals surface area contributed by atoms with Crippen LogP contribution in [0.2, 0.25) is 5.02 Å². The number of nitrogens with zero attached hydrogens (tertiary/aromatic N) is 4. The Labute approximate surface area is 163 Å². The second-order valence-electron chi connectivity index (χ2n) is 6.86. The number of rotatable bonds is 5. The molecule has 1 fully saturated rings. The number of nitrogens with one attached hydrogen (secondary N) is 1. The maximum absolute atomic E-state index is 6.42. The van der Waals surface area contributed by atoms with Gasteiger partial charge < -0.3 is 10.1 Å². The fourth-order valence-corrected chi connectivity index (χ4v) is 3.95. The zero-order valence-electron chi connectivity index (χ0n) is 15.2. The Kier molecular flexibility index (Phi) is 4.99. The number of tetrazole rings is 1. The van der Waals surface area contributed by atoms with E-state index in [0.717, 1.165) is 48.6 Å². The van der Waals surface area contributed by atoms with Crippen molar-refractivity contribution < 1.29 is 4.74 Å². The minimum Gasteiger partial charge on any atom is -0.497 e.